The lowest BCUT2D eigenvalue weighted by molar-refractivity contribution is 0.688. The minimum Gasteiger partial charge on any atom is -0.396 e. The molecule has 0 fully saturated rings. The molecule has 96 valence electrons. The number of nitrogens with zero attached hydrogens (tertiary/aromatic N) is 1. The standard InChI is InChI=1S/C14H17ClN2S/c1-10(2)17(9-11-5-4-8-18-11)13-7-3-6-12(15)14(13)16/h3-8,10H,9,16H2,1-2H3. The average molecular weight is 281 g/mol. The summed E-state index contributed by atoms with van der Waals surface area (Å²) in [5.41, 5.74) is 7.74. The van der Waals surface area contributed by atoms with Crippen molar-refractivity contribution in [2.75, 3.05) is 10.6 Å². The maximum atomic E-state index is 6.10. The smallest absolute Gasteiger partial charge is 0.0741 e. The molecule has 0 aliphatic heterocycles. The molecule has 0 radical (unpaired) electrons. The molecule has 0 spiro atoms. The second kappa shape index (κ2) is 5.63. The zero-order valence-electron chi connectivity index (χ0n) is 10.6. The molecular formula is C14H17ClN2S. The van der Waals surface area contributed by atoms with Crippen LogP contribution in [0.4, 0.5) is 11.4 Å². The van der Waals surface area contributed by atoms with Gasteiger partial charge in [0.1, 0.15) is 0 Å². The zero-order valence-corrected chi connectivity index (χ0v) is 12.1. The number of hydrogen-bond acceptors (Lipinski definition) is 3. The third-order valence-electron chi connectivity index (χ3n) is 2.87. The lowest BCUT2D eigenvalue weighted by atomic mass is 10.2. The van der Waals surface area contributed by atoms with Gasteiger partial charge >= 0.3 is 0 Å². The fourth-order valence-electron chi connectivity index (χ4n) is 1.89. The molecule has 2 nitrogen and oxygen atoms in total. The maximum absolute atomic E-state index is 6.10. The summed E-state index contributed by atoms with van der Waals surface area (Å²) >= 11 is 7.85. The Morgan fingerprint density at radius 1 is 1.28 bits per heavy atom. The highest BCUT2D eigenvalue weighted by molar-refractivity contribution is 7.09. The van der Waals surface area contributed by atoms with E-state index in [0.717, 1.165) is 12.2 Å². The van der Waals surface area contributed by atoms with Crippen LogP contribution in [-0.2, 0) is 6.54 Å². The molecular weight excluding hydrogens is 264 g/mol. The summed E-state index contributed by atoms with van der Waals surface area (Å²) in [6.07, 6.45) is 0. The first-order chi connectivity index (χ1) is 8.59. The Balaban J connectivity index is 2.33. The quantitative estimate of drug-likeness (QED) is 0.841. The second-order valence-electron chi connectivity index (χ2n) is 4.47. The summed E-state index contributed by atoms with van der Waals surface area (Å²) in [7, 11) is 0. The van der Waals surface area contributed by atoms with E-state index in [-0.39, 0.29) is 0 Å². The molecule has 1 heterocycles. The van der Waals surface area contributed by atoms with Crippen LogP contribution in [0.2, 0.25) is 5.02 Å². The fraction of sp³-hybridized carbons (Fsp3) is 0.286. The van der Waals surface area contributed by atoms with E-state index in [1.807, 2.05) is 18.2 Å². The number of para-hydroxylation sites is 1. The molecule has 0 saturated heterocycles. The highest BCUT2D eigenvalue weighted by Crippen LogP contribution is 2.32. The number of anilines is 2. The van der Waals surface area contributed by atoms with Gasteiger partial charge in [-0.2, -0.15) is 0 Å². The van der Waals surface area contributed by atoms with E-state index in [1.165, 1.54) is 4.88 Å². The fourth-order valence-corrected chi connectivity index (χ4v) is 2.76. The van der Waals surface area contributed by atoms with Gasteiger partial charge < -0.3 is 10.6 Å². The van der Waals surface area contributed by atoms with E-state index in [1.54, 1.807) is 11.3 Å². The molecule has 4 heteroatoms. The number of hydrogen-bond donors (Lipinski definition) is 1. The van der Waals surface area contributed by atoms with Crippen LogP contribution in [0.1, 0.15) is 18.7 Å². The van der Waals surface area contributed by atoms with Gasteiger partial charge in [-0.1, -0.05) is 23.7 Å². The molecule has 2 aromatic rings. The van der Waals surface area contributed by atoms with Crippen molar-refractivity contribution in [1.82, 2.24) is 0 Å². The van der Waals surface area contributed by atoms with Gasteiger partial charge in [0.15, 0.2) is 0 Å². The predicted molar refractivity (Wildman–Crippen MR) is 81.5 cm³/mol. The van der Waals surface area contributed by atoms with Crippen molar-refractivity contribution >= 4 is 34.3 Å². The lowest BCUT2D eigenvalue weighted by Crippen LogP contribution is -2.30. The van der Waals surface area contributed by atoms with Gasteiger partial charge in [-0.25, -0.2) is 0 Å². The van der Waals surface area contributed by atoms with Gasteiger partial charge in [0.05, 0.1) is 22.9 Å². The Morgan fingerprint density at radius 3 is 2.67 bits per heavy atom. The highest BCUT2D eigenvalue weighted by atomic mass is 35.5. The van der Waals surface area contributed by atoms with E-state index in [9.17, 15) is 0 Å². The molecule has 0 bridgehead atoms. The summed E-state index contributed by atoms with van der Waals surface area (Å²) in [6.45, 7) is 5.18. The number of nitrogen functional groups attached to an aromatic ring is 1. The number of benzene rings is 1. The number of rotatable bonds is 4. The van der Waals surface area contributed by atoms with Crippen LogP contribution >= 0.6 is 22.9 Å². The van der Waals surface area contributed by atoms with E-state index in [4.69, 9.17) is 17.3 Å². The van der Waals surface area contributed by atoms with Crippen LogP contribution in [0.5, 0.6) is 0 Å². The van der Waals surface area contributed by atoms with Gasteiger partial charge in [-0.05, 0) is 37.4 Å². The van der Waals surface area contributed by atoms with Crippen molar-refractivity contribution in [1.29, 1.82) is 0 Å². The molecule has 18 heavy (non-hydrogen) atoms. The largest absolute Gasteiger partial charge is 0.396 e. The van der Waals surface area contributed by atoms with Crippen LogP contribution in [-0.4, -0.2) is 6.04 Å². The molecule has 2 rings (SSSR count). The number of thiophene rings is 1. The van der Waals surface area contributed by atoms with E-state index in [2.05, 4.69) is 36.3 Å². The first kappa shape index (κ1) is 13.2. The molecule has 0 aliphatic rings. The Bertz CT molecular complexity index is 509. The van der Waals surface area contributed by atoms with Crippen LogP contribution in [0.15, 0.2) is 35.7 Å². The second-order valence-corrected chi connectivity index (χ2v) is 5.91. The molecule has 2 N–H and O–H groups in total. The molecule has 0 saturated carbocycles. The minimum atomic E-state index is 0.368. The third kappa shape index (κ3) is 2.79. The topological polar surface area (TPSA) is 29.3 Å². The summed E-state index contributed by atoms with van der Waals surface area (Å²) in [4.78, 5) is 3.59. The van der Waals surface area contributed by atoms with Crippen molar-refractivity contribution in [3.8, 4) is 0 Å². The minimum absolute atomic E-state index is 0.368. The van der Waals surface area contributed by atoms with Gasteiger partial charge in [0, 0.05) is 10.9 Å². The van der Waals surface area contributed by atoms with Gasteiger partial charge in [0.25, 0.3) is 0 Å². The monoisotopic (exact) mass is 280 g/mol. The van der Waals surface area contributed by atoms with Crippen LogP contribution in [0, 0.1) is 0 Å². The SMILES string of the molecule is CC(C)N(Cc1cccs1)c1cccc(Cl)c1N. The Morgan fingerprint density at radius 2 is 2.06 bits per heavy atom. The Labute approximate surface area is 117 Å². The molecule has 0 amide bonds. The average Bonchev–Trinajstić information content (AvgIpc) is 2.83. The molecule has 0 aliphatic carbocycles. The summed E-state index contributed by atoms with van der Waals surface area (Å²) in [5.74, 6) is 0. The zero-order chi connectivity index (χ0) is 13.1. The summed E-state index contributed by atoms with van der Waals surface area (Å²) < 4.78 is 0. The normalized spacial score (nSPS) is 10.9. The van der Waals surface area contributed by atoms with Crippen molar-refractivity contribution in [2.45, 2.75) is 26.4 Å². The highest BCUT2D eigenvalue weighted by Gasteiger charge is 2.15. The van der Waals surface area contributed by atoms with Crippen LogP contribution < -0.4 is 10.6 Å². The Kier molecular flexibility index (Phi) is 4.15. The summed E-state index contributed by atoms with van der Waals surface area (Å²) in [5, 5.41) is 2.71. The molecule has 0 unspecified atom stereocenters. The predicted octanol–water partition coefficient (Wildman–Crippen LogP) is 4.40. The first-order valence-corrected chi connectivity index (χ1v) is 7.18. The van der Waals surface area contributed by atoms with Gasteiger partial charge in [0.2, 0.25) is 0 Å². The lowest BCUT2D eigenvalue weighted by Gasteiger charge is -2.30. The Hall–Kier alpha value is -1.19. The van der Waals surface area contributed by atoms with Crippen LogP contribution in [0.25, 0.3) is 0 Å². The van der Waals surface area contributed by atoms with Gasteiger partial charge in [-0.15, -0.1) is 11.3 Å². The van der Waals surface area contributed by atoms with Crippen molar-refractivity contribution in [3.05, 3.63) is 45.6 Å². The van der Waals surface area contributed by atoms with E-state index in [0.29, 0.717) is 16.8 Å². The summed E-state index contributed by atoms with van der Waals surface area (Å²) in [6, 6.07) is 10.4. The first-order valence-electron chi connectivity index (χ1n) is 5.92. The number of halogens is 1. The van der Waals surface area contributed by atoms with E-state index >= 15 is 0 Å². The van der Waals surface area contributed by atoms with Crippen molar-refractivity contribution < 1.29 is 0 Å². The van der Waals surface area contributed by atoms with Crippen molar-refractivity contribution in [3.63, 3.8) is 0 Å². The molecule has 0 atom stereocenters. The maximum Gasteiger partial charge on any atom is 0.0741 e. The van der Waals surface area contributed by atoms with Crippen molar-refractivity contribution in [2.24, 2.45) is 0 Å². The third-order valence-corrected chi connectivity index (χ3v) is 4.06. The van der Waals surface area contributed by atoms with Crippen LogP contribution in [0.3, 0.4) is 0 Å². The van der Waals surface area contributed by atoms with E-state index < -0.39 is 0 Å². The van der Waals surface area contributed by atoms with Gasteiger partial charge in [-0.3, -0.25) is 0 Å². The number of nitrogens with two attached hydrogens (primary N) is 1. The molecule has 1 aromatic carbocycles. The molecule has 1 aromatic heterocycles.